The van der Waals surface area contributed by atoms with Crippen LogP contribution < -0.4 is 19.6 Å². The number of phenolic OH excluding ortho intramolecular Hbond substituents is 4. The molecule has 10 heteroatoms. The number of fused-ring (bicyclic) bond motifs is 4. The zero-order chi connectivity index (χ0) is 26.6. The molecule has 10 nitrogen and oxygen atoms in total. The van der Waals surface area contributed by atoms with E-state index in [9.17, 15) is 30.3 Å². The van der Waals surface area contributed by atoms with E-state index in [1.807, 2.05) is 0 Å². The van der Waals surface area contributed by atoms with Crippen LogP contribution in [0.5, 0.6) is 40.2 Å². The zero-order valence-corrected chi connectivity index (χ0v) is 20.1. The van der Waals surface area contributed by atoms with E-state index in [4.69, 9.17) is 18.6 Å². The van der Waals surface area contributed by atoms with E-state index >= 15 is 0 Å². The molecule has 37 heavy (non-hydrogen) atoms. The van der Waals surface area contributed by atoms with Gasteiger partial charge in [0.15, 0.2) is 23.0 Å². The van der Waals surface area contributed by atoms with Crippen molar-refractivity contribution in [2.24, 2.45) is 0 Å². The van der Waals surface area contributed by atoms with Crippen molar-refractivity contribution in [1.29, 1.82) is 0 Å². The van der Waals surface area contributed by atoms with E-state index in [0.29, 0.717) is 16.7 Å². The van der Waals surface area contributed by atoms with Crippen LogP contribution in [-0.4, -0.2) is 53.5 Å². The van der Waals surface area contributed by atoms with Crippen molar-refractivity contribution < 1.29 is 44.2 Å². The van der Waals surface area contributed by atoms with E-state index in [1.54, 1.807) is 12.1 Å². The number of hydrogen-bond acceptors (Lipinski definition) is 10. The molecule has 0 fully saturated rings. The minimum atomic E-state index is -0.924. The Morgan fingerprint density at radius 3 is 2.24 bits per heavy atom. The maximum atomic E-state index is 13.8. The molecule has 0 radical (unpaired) electrons. The molecule has 0 spiro atoms. The summed E-state index contributed by atoms with van der Waals surface area (Å²) in [4.78, 5) is 13.8. The molecule has 5 rings (SSSR count). The van der Waals surface area contributed by atoms with Crippen LogP contribution in [0.3, 0.4) is 0 Å². The number of phenols is 4. The fourth-order valence-corrected chi connectivity index (χ4v) is 5.18. The van der Waals surface area contributed by atoms with Gasteiger partial charge in [-0.25, -0.2) is 0 Å². The molecule has 1 aliphatic rings. The minimum Gasteiger partial charge on any atom is -0.508 e. The van der Waals surface area contributed by atoms with E-state index < -0.39 is 29.6 Å². The molecule has 2 unspecified atom stereocenters. The van der Waals surface area contributed by atoms with Gasteiger partial charge in [0.2, 0.25) is 11.2 Å². The number of aromatic hydroxyl groups is 4. The third-order valence-corrected chi connectivity index (χ3v) is 6.77. The van der Waals surface area contributed by atoms with Gasteiger partial charge in [0.05, 0.1) is 33.5 Å². The molecule has 1 aromatic heterocycles. The average molecular weight is 508 g/mol. The van der Waals surface area contributed by atoms with Gasteiger partial charge in [0.1, 0.15) is 28.2 Å². The molecule has 1 aliphatic carbocycles. The van der Waals surface area contributed by atoms with Gasteiger partial charge in [0, 0.05) is 35.1 Å². The molecule has 5 N–H and O–H groups in total. The second kappa shape index (κ2) is 8.82. The Hall–Kier alpha value is -4.57. The minimum absolute atomic E-state index is 0.0389. The van der Waals surface area contributed by atoms with E-state index in [-0.39, 0.29) is 56.8 Å². The van der Waals surface area contributed by atoms with Gasteiger partial charge in [-0.2, -0.15) is 0 Å². The Morgan fingerprint density at radius 1 is 0.865 bits per heavy atom. The van der Waals surface area contributed by atoms with Crippen LogP contribution in [0, 0.1) is 0 Å². The zero-order valence-electron chi connectivity index (χ0n) is 20.1. The molecule has 0 bridgehead atoms. The predicted molar refractivity (Wildman–Crippen MR) is 132 cm³/mol. The highest BCUT2D eigenvalue weighted by Gasteiger charge is 2.42. The Bertz CT molecular complexity index is 1600. The third kappa shape index (κ3) is 3.48. The van der Waals surface area contributed by atoms with E-state index in [2.05, 4.69) is 0 Å². The summed E-state index contributed by atoms with van der Waals surface area (Å²) >= 11 is 0. The first-order chi connectivity index (χ1) is 17.7. The van der Waals surface area contributed by atoms with Gasteiger partial charge in [0.25, 0.3) is 0 Å². The SMILES string of the molecule is COc1cc(C2c3c(cc(OC)c(O)c3OC)-c3oc4cc(O)cc(O)c4c(=O)c3C2CO)ccc1O. The summed E-state index contributed by atoms with van der Waals surface area (Å²) in [5, 5.41) is 52.0. The molecule has 2 atom stereocenters. The van der Waals surface area contributed by atoms with Gasteiger partial charge < -0.3 is 44.2 Å². The van der Waals surface area contributed by atoms with Crippen molar-refractivity contribution in [2.45, 2.75) is 11.8 Å². The van der Waals surface area contributed by atoms with Gasteiger partial charge in [-0.3, -0.25) is 4.79 Å². The topological polar surface area (TPSA) is 159 Å². The van der Waals surface area contributed by atoms with Crippen molar-refractivity contribution >= 4 is 11.0 Å². The number of rotatable bonds is 5. The fraction of sp³-hybridized carbons (Fsp3) is 0.222. The van der Waals surface area contributed by atoms with Crippen molar-refractivity contribution in [3.8, 4) is 51.6 Å². The number of benzene rings is 3. The quantitative estimate of drug-likeness (QED) is 0.270. The van der Waals surface area contributed by atoms with Gasteiger partial charge in [-0.15, -0.1) is 0 Å². The normalized spacial score (nSPS) is 16.2. The molecule has 0 aliphatic heterocycles. The van der Waals surface area contributed by atoms with Crippen molar-refractivity contribution in [1.82, 2.24) is 0 Å². The largest absolute Gasteiger partial charge is 0.508 e. The van der Waals surface area contributed by atoms with Crippen molar-refractivity contribution in [2.75, 3.05) is 27.9 Å². The Kier molecular flexibility index (Phi) is 5.76. The highest BCUT2D eigenvalue weighted by atomic mass is 16.5. The maximum absolute atomic E-state index is 13.8. The average Bonchev–Trinajstić information content (AvgIpc) is 2.87. The van der Waals surface area contributed by atoms with Crippen LogP contribution in [0.4, 0.5) is 0 Å². The van der Waals surface area contributed by atoms with Gasteiger partial charge >= 0.3 is 0 Å². The molecule has 3 aromatic carbocycles. The highest BCUT2D eigenvalue weighted by Crippen LogP contribution is 2.57. The van der Waals surface area contributed by atoms with Crippen LogP contribution in [0.15, 0.2) is 45.6 Å². The summed E-state index contributed by atoms with van der Waals surface area (Å²) in [6.45, 7) is -0.522. The highest BCUT2D eigenvalue weighted by molar-refractivity contribution is 5.89. The van der Waals surface area contributed by atoms with Gasteiger partial charge in [-0.05, 0) is 23.8 Å². The fourth-order valence-electron chi connectivity index (χ4n) is 5.18. The molecule has 0 amide bonds. The predicted octanol–water partition coefficient (Wildman–Crippen LogP) is 3.53. The Morgan fingerprint density at radius 2 is 1.59 bits per heavy atom. The Labute approximate surface area is 210 Å². The molecule has 192 valence electrons. The van der Waals surface area contributed by atoms with Crippen LogP contribution in [-0.2, 0) is 0 Å². The summed E-state index contributed by atoms with van der Waals surface area (Å²) in [6, 6.07) is 8.32. The van der Waals surface area contributed by atoms with Crippen LogP contribution in [0.1, 0.15) is 28.5 Å². The third-order valence-electron chi connectivity index (χ3n) is 6.77. The van der Waals surface area contributed by atoms with E-state index in [0.717, 1.165) is 6.07 Å². The number of methoxy groups -OCH3 is 3. The Balaban J connectivity index is 1.97. The number of aliphatic hydroxyl groups is 1. The smallest absolute Gasteiger partial charge is 0.201 e. The summed E-state index contributed by atoms with van der Waals surface area (Å²) in [5.41, 5.74) is 0.685. The summed E-state index contributed by atoms with van der Waals surface area (Å²) in [6.07, 6.45) is 0. The van der Waals surface area contributed by atoms with Crippen LogP contribution in [0.25, 0.3) is 22.3 Å². The lowest BCUT2D eigenvalue weighted by molar-refractivity contribution is 0.249. The summed E-state index contributed by atoms with van der Waals surface area (Å²) in [7, 11) is 4.11. The molecule has 0 saturated carbocycles. The molecule has 4 aromatic rings. The van der Waals surface area contributed by atoms with Crippen molar-refractivity contribution in [3.63, 3.8) is 0 Å². The first-order valence-corrected chi connectivity index (χ1v) is 11.2. The van der Waals surface area contributed by atoms with Gasteiger partial charge in [-0.1, -0.05) is 6.07 Å². The first-order valence-electron chi connectivity index (χ1n) is 11.2. The summed E-state index contributed by atoms with van der Waals surface area (Å²) in [5.74, 6) is -2.58. The molecule has 0 saturated heterocycles. The number of hydrogen-bond donors (Lipinski definition) is 5. The lowest BCUT2D eigenvalue weighted by atomic mass is 9.70. The maximum Gasteiger partial charge on any atom is 0.201 e. The summed E-state index contributed by atoms with van der Waals surface area (Å²) < 4.78 is 22.3. The lowest BCUT2D eigenvalue weighted by Gasteiger charge is -2.35. The second-order valence-electron chi connectivity index (χ2n) is 8.63. The van der Waals surface area contributed by atoms with E-state index in [1.165, 1.54) is 39.5 Å². The number of ether oxygens (including phenoxy) is 3. The molecular weight excluding hydrogens is 484 g/mol. The molecule has 1 heterocycles. The first kappa shape index (κ1) is 24.1. The monoisotopic (exact) mass is 508 g/mol. The lowest BCUT2D eigenvalue weighted by Crippen LogP contribution is -2.28. The van der Waals surface area contributed by atoms with Crippen molar-refractivity contribution in [3.05, 3.63) is 63.3 Å². The van der Waals surface area contributed by atoms with Crippen LogP contribution >= 0.6 is 0 Å². The standard InChI is InChI=1S/C27H24O10/c1-34-17-6-11(4-5-15(17)30)20-14(10-28)22-25(33)23-16(31)7-12(29)8-18(23)37-26(22)13-9-19(35-2)24(32)27(36-3)21(13)20/h4-9,14,20,28-32H,10H2,1-3H3. The second-order valence-corrected chi connectivity index (χ2v) is 8.63. The number of aliphatic hydroxyl groups excluding tert-OH is 1. The molecular formula is C27H24O10. The van der Waals surface area contributed by atoms with Crippen LogP contribution in [0.2, 0.25) is 0 Å².